The molecule has 0 amide bonds. The number of fused-ring (bicyclic) bond motifs is 1. The zero-order valence-corrected chi connectivity index (χ0v) is 12.5. The van der Waals surface area contributed by atoms with Crippen LogP contribution in [0.15, 0.2) is 11.1 Å². The highest BCUT2D eigenvalue weighted by Crippen LogP contribution is 2.34. The minimum absolute atomic E-state index is 0.498. The number of anilines is 1. The molecule has 18 heavy (non-hydrogen) atoms. The van der Waals surface area contributed by atoms with Crippen LogP contribution >= 0.6 is 23.1 Å². The van der Waals surface area contributed by atoms with Gasteiger partial charge in [-0.05, 0) is 18.9 Å². The fourth-order valence-corrected chi connectivity index (χ4v) is 3.55. The number of rotatable bonds is 5. The SMILES string of the molecule is CCc1cc2c(SC(C)CC)nc(NN)nc2s1. The highest BCUT2D eigenvalue weighted by atomic mass is 32.2. The second kappa shape index (κ2) is 5.86. The molecular weight excluding hydrogens is 264 g/mol. The molecule has 6 heteroatoms. The molecule has 1 atom stereocenters. The van der Waals surface area contributed by atoms with E-state index in [0.717, 1.165) is 28.1 Å². The molecule has 0 fully saturated rings. The van der Waals surface area contributed by atoms with Crippen molar-refractivity contribution in [1.82, 2.24) is 9.97 Å². The number of thioether (sulfide) groups is 1. The molecule has 2 rings (SSSR count). The smallest absolute Gasteiger partial charge is 0.239 e. The van der Waals surface area contributed by atoms with Crippen LogP contribution in [0.25, 0.3) is 10.2 Å². The maximum absolute atomic E-state index is 5.43. The first-order valence-electron chi connectivity index (χ1n) is 6.11. The summed E-state index contributed by atoms with van der Waals surface area (Å²) in [5, 5.41) is 2.72. The van der Waals surface area contributed by atoms with Crippen molar-refractivity contribution in [2.24, 2.45) is 5.84 Å². The van der Waals surface area contributed by atoms with E-state index in [9.17, 15) is 0 Å². The second-order valence-electron chi connectivity index (χ2n) is 4.12. The van der Waals surface area contributed by atoms with Crippen LogP contribution in [0.2, 0.25) is 0 Å². The van der Waals surface area contributed by atoms with E-state index in [4.69, 9.17) is 5.84 Å². The molecule has 2 aromatic rings. The van der Waals surface area contributed by atoms with E-state index in [1.807, 2.05) is 0 Å². The Balaban J connectivity index is 2.49. The standard InChI is InChI=1S/C12H18N4S2/c1-4-7(3)17-10-9-6-8(5-2)18-11(9)15-12(14-10)16-13/h6-7H,4-5,13H2,1-3H3,(H,14,15,16). The van der Waals surface area contributed by atoms with Crippen molar-refractivity contribution in [3.8, 4) is 0 Å². The van der Waals surface area contributed by atoms with E-state index in [1.54, 1.807) is 23.1 Å². The molecule has 1 unspecified atom stereocenters. The molecular formula is C12H18N4S2. The average Bonchev–Trinajstić information content (AvgIpc) is 2.81. The molecule has 0 spiro atoms. The average molecular weight is 282 g/mol. The van der Waals surface area contributed by atoms with Gasteiger partial charge >= 0.3 is 0 Å². The Morgan fingerprint density at radius 2 is 2.22 bits per heavy atom. The van der Waals surface area contributed by atoms with Crippen LogP contribution in [0.1, 0.15) is 32.1 Å². The fourth-order valence-electron chi connectivity index (χ4n) is 1.55. The third-order valence-corrected chi connectivity index (χ3v) is 5.22. The Morgan fingerprint density at radius 1 is 1.44 bits per heavy atom. The van der Waals surface area contributed by atoms with E-state index in [-0.39, 0.29) is 0 Å². The zero-order chi connectivity index (χ0) is 13.1. The molecule has 0 aliphatic heterocycles. The molecule has 0 radical (unpaired) electrons. The van der Waals surface area contributed by atoms with Gasteiger partial charge in [0.1, 0.15) is 9.86 Å². The Bertz CT molecular complexity index is 538. The third kappa shape index (κ3) is 2.76. The summed E-state index contributed by atoms with van der Waals surface area (Å²) < 4.78 is 0. The number of nitrogen functional groups attached to an aromatic ring is 1. The summed E-state index contributed by atoms with van der Waals surface area (Å²) in [6.07, 6.45) is 2.15. The van der Waals surface area contributed by atoms with Crippen molar-refractivity contribution in [3.05, 3.63) is 10.9 Å². The lowest BCUT2D eigenvalue weighted by Gasteiger charge is -2.09. The molecule has 4 nitrogen and oxygen atoms in total. The van der Waals surface area contributed by atoms with Gasteiger partial charge in [0.25, 0.3) is 0 Å². The van der Waals surface area contributed by atoms with Crippen LogP contribution in [0.3, 0.4) is 0 Å². The van der Waals surface area contributed by atoms with Gasteiger partial charge in [0.2, 0.25) is 5.95 Å². The quantitative estimate of drug-likeness (QED) is 0.381. The number of nitrogens with two attached hydrogens (primary N) is 1. The lowest BCUT2D eigenvalue weighted by atomic mass is 10.3. The summed E-state index contributed by atoms with van der Waals surface area (Å²) in [7, 11) is 0. The number of nitrogens with zero attached hydrogens (tertiary/aromatic N) is 2. The highest BCUT2D eigenvalue weighted by Gasteiger charge is 2.13. The van der Waals surface area contributed by atoms with Gasteiger partial charge in [-0.25, -0.2) is 15.8 Å². The van der Waals surface area contributed by atoms with E-state index in [2.05, 4.69) is 42.2 Å². The Kier molecular flexibility index (Phi) is 4.42. The van der Waals surface area contributed by atoms with E-state index in [0.29, 0.717) is 11.2 Å². The van der Waals surface area contributed by atoms with Crippen molar-refractivity contribution in [2.75, 3.05) is 5.43 Å². The number of hydrazine groups is 1. The van der Waals surface area contributed by atoms with Gasteiger partial charge in [-0.3, -0.25) is 5.43 Å². The normalized spacial score (nSPS) is 12.9. The predicted octanol–water partition coefficient (Wildman–Crippen LogP) is 3.43. The summed E-state index contributed by atoms with van der Waals surface area (Å²) in [6, 6.07) is 2.20. The summed E-state index contributed by atoms with van der Waals surface area (Å²) in [4.78, 5) is 11.2. The first-order chi connectivity index (χ1) is 8.67. The number of hydrogen-bond acceptors (Lipinski definition) is 6. The summed E-state index contributed by atoms with van der Waals surface area (Å²) in [6.45, 7) is 6.55. The first-order valence-corrected chi connectivity index (χ1v) is 7.81. The van der Waals surface area contributed by atoms with Crippen molar-refractivity contribution in [1.29, 1.82) is 0 Å². The van der Waals surface area contributed by atoms with Gasteiger partial charge in [0, 0.05) is 15.5 Å². The fraction of sp³-hybridized carbons (Fsp3) is 0.500. The summed E-state index contributed by atoms with van der Waals surface area (Å²) in [5.41, 5.74) is 2.55. The lowest BCUT2D eigenvalue weighted by molar-refractivity contribution is 0.901. The van der Waals surface area contributed by atoms with Crippen molar-refractivity contribution < 1.29 is 0 Å². The highest BCUT2D eigenvalue weighted by molar-refractivity contribution is 8.00. The Morgan fingerprint density at radius 3 is 2.83 bits per heavy atom. The molecule has 2 aromatic heterocycles. The largest absolute Gasteiger partial charge is 0.292 e. The zero-order valence-electron chi connectivity index (χ0n) is 10.9. The molecule has 2 heterocycles. The van der Waals surface area contributed by atoms with Crippen LogP contribution in [-0.4, -0.2) is 15.2 Å². The number of thiophene rings is 1. The molecule has 0 saturated heterocycles. The Labute approximate surface area is 115 Å². The van der Waals surface area contributed by atoms with Gasteiger partial charge < -0.3 is 0 Å². The van der Waals surface area contributed by atoms with Crippen LogP contribution in [0.4, 0.5) is 5.95 Å². The van der Waals surface area contributed by atoms with Gasteiger partial charge in [-0.15, -0.1) is 23.1 Å². The predicted molar refractivity (Wildman–Crippen MR) is 80.2 cm³/mol. The van der Waals surface area contributed by atoms with Gasteiger partial charge in [-0.2, -0.15) is 0 Å². The maximum Gasteiger partial charge on any atom is 0.239 e. The van der Waals surface area contributed by atoms with Crippen molar-refractivity contribution >= 4 is 39.3 Å². The summed E-state index contributed by atoms with van der Waals surface area (Å²) in [5.74, 6) is 5.93. The minimum Gasteiger partial charge on any atom is -0.292 e. The summed E-state index contributed by atoms with van der Waals surface area (Å²) >= 11 is 3.50. The molecule has 0 bridgehead atoms. The lowest BCUT2D eigenvalue weighted by Crippen LogP contribution is -2.10. The number of aryl methyl sites for hydroxylation is 1. The van der Waals surface area contributed by atoms with Crippen LogP contribution < -0.4 is 11.3 Å². The first kappa shape index (κ1) is 13.6. The monoisotopic (exact) mass is 282 g/mol. The molecule has 98 valence electrons. The maximum atomic E-state index is 5.43. The number of nitrogens with one attached hydrogen (secondary N) is 1. The molecule has 0 aliphatic carbocycles. The van der Waals surface area contributed by atoms with Crippen LogP contribution in [-0.2, 0) is 6.42 Å². The second-order valence-corrected chi connectivity index (χ2v) is 6.66. The molecule has 0 aromatic carbocycles. The number of aromatic nitrogens is 2. The topological polar surface area (TPSA) is 63.8 Å². The molecule has 3 N–H and O–H groups in total. The number of hydrogen-bond donors (Lipinski definition) is 2. The van der Waals surface area contributed by atoms with Crippen molar-refractivity contribution in [2.45, 2.75) is 43.9 Å². The van der Waals surface area contributed by atoms with E-state index >= 15 is 0 Å². The minimum atomic E-state index is 0.498. The third-order valence-electron chi connectivity index (χ3n) is 2.77. The van der Waals surface area contributed by atoms with Crippen LogP contribution in [0, 0.1) is 0 Å². The van der Waals surface area contributed by atoms with Crippen molar-refractivity contribution in [3.63, 3.8) is 0 Å². The Hall–Kier alpha value is -0.850. The molecule has 0 saturated carbocycles. The molecule has 0 aliphatic rings. The van der Waals surface area contributed by atoms with E-state index in [1.165, 1.54) is 4.88 Å². The van der Waals surface area contributed by atoms with Gasteiger partial charge in [0.15, 0.2) is 0 Å². The van der Waals surface area contributed by atoms with E-state index < -0.39 is 0 Å². The van der Waals surface area contributed by atoms with Gasteiger partial charge in [-0.1, -0.05) is 20.8 Å². The van der Waals surface area contributed by atoms with Gasteiger partial charge in [0.05, 0.1) is 0 Å². The van der Waals surface area contributed by atoms with Crippen LogP contribution in [0.5, 0.6) is 0 Å².